The predicted octanol–water partition coefficient (Wildman–Crippen LogP) is 2.94. The normalized spacial score (nSPS) is 10.6. The van der Waals surface area contributed by atoms with Crippen LogP contribution in [-0.2, 0) is 0 Å². The summed E-state index contributed by atoms with van der Waals surface area (Å²) < 4.78 is 0. The first kappa shape index (κ1) is 13.7. The van der Waals surface area contributed by atoms with Crippen molar-refractivity contribution in [3.63, 3.8) is 0 Å². The molecule has 0 atom stereocenters. The molecule has 0 aliphatic carbocycles. The van der Waals surface area contributed by atoms with Gasteiger partial charge in [-0.05, 0) is 24.0 Å². The van der Waals surface area contributed by atoms with E-state index in [0.29, 0.717) is 5.92 Å². The van der Waals surface area contributed by atoms with Gasteiger partial charge in [0.05, 0.1) is 6.61 Å². The lowest BCUT2D eigenvalue weighted by molar-refractivity contribution is 0.331. The van der Waals surface area contributed by atoms with E-state index in [1.165, 1.54) is 0 Å². The summed E-state index contributed by atoms with van der Waals surface area (Å²) in [6.45, 7) is 16.0. The van der Waals surface area contributed by atoms with Crippen molar-refractivity contribution >= 4 is 0 Å². The van der Waals surface area contributed by atoms with Gasteiger partial charge in [-0.15, -0.1) is 13.2 Å². The number of allylic oxidation sites excluding steroid dienone is 1. The molecule has 0 bridgehead atoms. The minimum Gasteiger partial charge on any atom is -0.392 e. The highest BCUT2D eigenvalue weighted by Gasteiger charge is 2.03. The summed E-state index contributed by atoms with van der Waals surface area (Å²) in [5, 5.41) is 8.82. The fourth-order valence-corrected chi connectivity index (χ4v) is 0.749. The van der Waals surface area contributed by atoms with Crippen LogP contribution in [0, 0.1) is 5.92 Å². The summed E-state index contributed by atoms with van der Waals surface area (Å²) >= 11 is 0. The van der Waals surface area contributed by atoms with Gasteiger partial charge in [-0.1, -0.05) is 26.5 Å². The Morgan fingerprint density at radius 2 is 1.83 bits per heavy atom. The summed E-state index contributed by atoms with van der Waals surface area (Å²) in [6.07, 6.45) is 1.91. The maximum absolute atomic E-state index is 8.82. The summed E-state index contributed by atoms with van der Waals surface area (Å²) in [5.41, 5.74) is 1.99. The molecule has 0 aromatic rings. The maximum Gasteiger partial charge on any atom is 0.0681 e. The largest absolute Gasteiger partial charge is 0.392 e. The van der Waals surface area contributed by atoms with Crippen molar-refractivity contribution < 1.29 is 5.11 Å². The van der Waals surface area contributed by atoms with Gasteiger partial charge in [-0.2, -0.15) is 0 Å². The van der Waals surface area contributed by atoms with Crippen molar-refractivity contribution in [2.75, 3.05) is 6.61 Å². The zero-order chi connectivity index (χ0) is 10.1. The molecule has 0 radical (unpaired) electrons. The van der Waals surface area contributed by atoms with Gasteiger partial charge in [0.15, 0.2) is 0 Å². The minimum atomic E-state index is 0.105. The zero-order valence-corrected chi connectivity index (χ0v) is 8.43. The van der Waals surface area contributed by atoms with Gasteiger partial charge >= 0.3 is 0 Å². The highest BCUT2D eigenvalue weighted by molar-refractivity contribution is 5.29. The van der Waals surface area contributed by atoms with E-state index in [9.17, 15) is 0 Å². The van der Waals surface area contributed by atoms with Crippen LogP contribution in [-0.4, -0.2) is 11.7 Å². The van der Waals surface area contributed by atoms with Gasteiger partial charge in [0, 0.05) is 0 Å². The van der Waals surface area contributed by atoms with E-state index < -0.39 is 0 Å². The lowest BCUT2D eigenvalue weighted by atomic mass is 9.97. The first-order valence-corrected chi connectivity index (χ1v) is 4.08. The average molecular weight is 168 g/mol. The standard InChI is InChI=1S/C9H16O.C2H4/c1-5-9(6-10)8(4)7(2)3;1-2/h5,7,10H,4,6H2,1-3H3;1-2H2/b9-5-;. The van der Waals surface area contributed by atoms with Gasteiger partial charge in [0.1, 0.15) is 0 Å². The Morgan fingerprint density at radius 3 is 1.92 bits per heavy atom. The maximum atomic E-state index is 8.82. The Morgan fingerprint density at radius 1 is 1.42 bits per heavy atom. The molecule has 0 aromatic carbocycles. The number of aliphatic hydroxyl groups is 1. The molecule has 0 saturated heterocycles. The summed E-state index contributed by atoms with van der Waals surface area (Å²) in [7, 11) is 0. The van der Waals surface area contributed by atoms with Crippen molar-refractivity contribution in [1.82, 2.24) is 0 Å². The molecule has 0 spiro atoms. The summed E-state index contributed by atoms with van der Waals surface area (Å²) in [5.74, 6) is 0.429. The monoisotopic (exact) mass is 168 g/mol. The molecule has 0 amide bonds. The van der Waals surface area contributed by atoms with Crippen LogP contribution >= 0.6 is 0 Å². The van der Waals surface area contributed by atoms with Crippen molar-refractivity contribution in [2.24, 2.45) is 5.92 Å². The molecule has 0 aliphatic heterocycles. The Bertz CT molecular complexity index is 154. The van der Waals surface area contributed by atoms with Crippen LogP contribution in [0.15, 0.2) is 37.0 Å². The van der Waals surface area contributed by atoms with Crippen LogP contribution in [0.5, 0.6) is 0 Å². The molecule has 0 aliphatic rings. The van der Waals surface area contributed by atoms with Gasteiger partial charge in [-0.25, -0.2) is 0 Å². The van der Waals surface area contributed by atoms with E-state index in [1.54, 1.807) is 0 Å². The topological polar surface area (TPSA) is 20.2 Å². The highest BCUT2D eigenvalue weighted by atomic mass is 16.3. The molecule has 1 heteroatoms. The lowest BCUT2D eigenvalue weighted by Crippen LogP contribution is -1.99. The Balaban J connectivity index is 0. The molecule has 0 saturated carbocycles. The third kappa shape index (κ3) is 4.91. The second kappa shape index (κ2) is 8.28. The van der Waals surface area contributed by atoms with Gasteiger partial charge in [-0.3, -0.25) is 0 Å². The molecule has 70 valence electrons. The summed E-state index contributed by atoms with van der Waals surface area (Å²) in [6, 6.07) is 0. The van der Waals surface area contributed by atoms with E-state index in [-0.39, 0.29) is 6.61 Å². The molecular weight excluding hydrogens is 148 g/mol. The van der Waals surface area contributed by atoms with Crippen molar-refractivity contribution in [3.8, 4) is 0 Å². The first-order valence-electron chi connectivity index (χ1n) is 4.08. The minimum absolute atomic E-state index is 0.105. The van der Waals surface area contributed by atoms with Crippen LogP contribution in [0.4, 0.5) is 0 Å². The fourth-order valence-electron chi connectivity index (χ4n) is 0.749. The van der Waals surface area contributed by atoms with Crippen molar-refractivity contribution in [1.29, 1.82) is 0 Å². The van der Waals surface area contributed by atoms with Crippen LogP contribution in [0.1, 0.15) is 20.8 Å². The second-order valence-corrected chi connectivity index (χ2v) is 2.65. The van der Waals surface area contributed by atoms with E-state index in [1.807, 2.05) is 13.0 Å². The van der Waals surface area contributed by atoms with E-state index >= 15 is 0 Å². The van der Waals surface area contributed by atoms with Crippen LogP contribution in [0.3, 0.4) is 0 Å². The predicted molar refractivity (Wildman–Crippen MR) is 56.1 cm³/mol. The van der Waals surface area contributed by atoms with Crippen LogP contribution < -0.4 is 0 Å². The number of hydrogen-bond acceptors (Lipinski definition) is 1. The van der Waals surface area contributed by atoms with E-state index in [2.05, 4.69) is 33.6 Å². The van der Waals surface area contributed by atoms with Crippen LogP contribution in [0.25, 0.3) is 0 Å². The Hall–Kier alpha value is -0.820. The van der Waals surface area contributed by atoms with Gasteiger partial charge in [0.2, 0.25) is 0 Å². The molecular formula is C11H20O. The smallest absolute Gasteiger partial charge is 0.0681 e. The molecule has 0 heterocycles. The SMILES string of the molecule is C=C.C=C(/C(=C\C)CO)C(C)C. The van der Waals surface area contributed by atoms with E-state index in [4.69, 9.17) is 5.11 Å². The van der Waals surface area contributed by atoms with Crippen LogP contribution in [0.2, 0.25) is 0 Å². The number of aliphatic hydroxyl groups excluding tert-OH is 1. The molecule has 0 fully saturated rings. The fraction of sp³-hybridized carbons (Fsp3) is 0.455. The lowest BCUT2D eigenvalue weighted by Gasteiger charge is -2.10. The Labute approximate surface area is 76.1 Å². The number of rotatable bonds is 3. The molecule has 0 unspecified atom stereocenters. The zero-order valence-electron chi connectivity index (χ0n) is 8.43. The van der Waals surface area contributed by atoms with Crippen molar-refractivity contribution in [2.45, 2.75) is 20.8 Å². The van der Waals surface area contributed by atoms with Crippen molar-refractivity contribution in [3.05, 3.63) is 37.0 Å². The van der Waals surface area contributed by atoms with Gasteiger partial charge in [0.25, 0.3) is 0 Å². The third-order valence-electron chi connectivity index (χ3n) is 1.63. The third-order valence-corrected chi connectivity index (χ3v) is 1.63. The Kier molecular flexibility index (Phi) is 9.48. The second-order valence-electron chi connectivity index (χ2n) is 2.65. The molecule has 1 nitrogen and oxygen atoms in total. The average Bonchev–Trinajstić information content (AvgIpc) is 2.10. The molecule has 0 aromatic heterocycles. The molecule has 1 N–H and O–H groups in total. The quantitative estimate of drug-likeness (QED) is 0.507. The molecule has 12 heavy (non-hydrogen) atoms. The molecule has 0 rings (SSSR count). The van der Waals surface area contributed by atoms with Gasteiger partial charge < -0.3 is 5.11 Å². The summed E-state index contributed by atoms with van der Waals surface area (Å²) in [4.78, 5) is 0. The van der Waals surface area contributed by atoms with E-state index in [0.717, 1.165) is 11.1 Å². The first-order chi connectivity index (χ1) is 5.63. The highest BCUT2D eigenvalue weighted by Crippen LogP contribution is 2.15. The number of hydrogen-bond donors (Lipinski definition) is 1.